The minimum absolute atomic E-state index is 0.00374. The summed E-state index contributed by atoms with van der Waals surface area (Å²) in [5.74, 6) is -4.68. The lowest BCUT2D eigenvalue weighted by Crippen LogP contribution is -2.50. The highest BCUT2D eigenvalue weighted by molar-refractivity contribution is 7.52. The van der Waals surface area contributed by atoms with Gasteiger partial charge in [-0.1, -0.05) is 12.1 Å². The minimum Gasteiger partial charge on any atom is -0.469 e. The average Bonchev–Trinajstić information content (AvgIpc) is 2.80. The second-order valence-electron chi connectivity index (χ2n) is 6.22. The van der Waals surface area contributed by atoms with Gasteiger partial charge >= 0.3 is 25.5 Å². The van der Waals surface area contributed by atoms with Gasteiger partial charge in [-0.2, -0.15) is 0 Å². The van der Waals surface area contributed by atoms with Crippen molar-refractivity contribution in [3.05, 3.63) is 35.4 Å². The van der Waals surface area contributed by atoms with Crippen LogP contribution in [0.5, 0.6) is 0 Å². The number of hydrogen-bond donors (Lipinski definition) is 1. The van der Waals surface area contributed by atoms with Gasteiger partial charge in [-0.3, -0.25) is 18.9 Å². The van der Waals surface area contributed by atoms with E-state index in [1.807, 2.05) is 0 Å². The van der Waals surface area contributed by atoms with Gasteiger partial charge in [0.1, 0.15) is 6.04 Å². The van der Waals surface area contributed by atoms with Gasteiger partial charge in [0.25, 0.3) is 5.91 Å². The van der Waals surface area contributed by atoms with Gasteiger partial charge in [0.2, 0.25) is 0 Å². The Bertz CT molecular complexity index is 831. The second kappa shape index (κ2) is 12.2. The first-order chi connectivity index (χ1) is 14.6. The van der Waals surface area contributed by atoms with E-state index in [1.54, 1.807) is 12.1 Å². The minimum atomic E-state index is -3.28. The summed E-state index contributed by atoms with van der Waals surface area (Å²) in [4.78, 5) is 48.7. The van der Waals surface area contributed by atoms with Crippen LogP contribution in [0.25, 0.3) is 0 Å². The highest BCUT2D eigenvalue weighted by Crippen LogP contribution is 2.49. The molecule has 0 aliphatic rings. The van der Waals surface area contributed by atoms with Crippen molar-refractivity contribution in [3.63, 3.8) is 0 Å². The third-order valence-electron chi connectivity index (χ3n) is 4.41. The fourth-order valence-corrected chi connectivity index (χ4v) is 3.68. The molecule has 0 saturated carbocycles. The van der Waals surface area contributed by atoms with Crippen LogP contribution in [-0.2, 0) is 48.4 Å². The van der Waals surface area contributed by atoms with E-state index in [1.165, 1.54) is 26.4 Å². The summed E-state index contributed by atoms with van der Waals surface area (Å²) >= 11 is 0. The smallest absolute Gasteiger partial charge is 0.334 e. The summed E-state index contributed by atoms with van der Waals surface area (Å²) in [5.41, 5.74) is 0.732. The quantitative estimate of drug-likeness (QED) is 0.292. The summed E-state index contributed by atoms with van der Waals surface area (Å²) in [6.07, 6.45) is -0.512. The van der Waals surface area contributed by atoms with Crippen molar-refractivity contribution in [1.82, 2.24) is 5.32 Å². The summed E-state index contributed by atoms with van der Waals surface area (Å²) in [6.45, 7) is 0. The number of amides is 1. The number of rotatable bonds is 11. The second-order valence-corrected chi connectivity index (χ2v) is 8.48. The maximum atomic E-state index is 12.7. The number of benzene rings is 1. The molecule has 1 N–H and O–H groups in total. The Morgan fingerprint density at radius 2 is 1.42 bits per heavy atom. The topological polar surface area (TPSA) is 144 Å². The molecule has 11 nitrogen and oxygen atoms in total. The fraction of sp³-hybridized carbons (Fsp3) is 0.474. The lowest BCUT2D eigenvalue weighted by atomic mass is 9.95. The van der Waals surface area contributed by atoms with Crippen LogP contribution in [0.4, 0.5) is 0 Å². The zero-order chi connectivity index (χ0) is 23.6. The van der Waals surface area contributed by atoms with Crippen LogP contribution in [-0.4, -0.2) is 65.4 Å². The van der Waals surface area contributed by atoms with Crippen LogP contribution in [0.15, 0.2) is 24.3 Å². The number of carbonyl (C=O) groups is 4. The van der Waals surface area contributed by atoms with Gasteiger partial charge in [0.05, 0.1) is 39.8 Å². The molecular weight excluding hydrogens is 433 g/mol. The highest BCUT2D eigenvalue weighted by atomic mass is 31.2. The van der Waals surface area contributed by atoms with Gasteiger partial charge < -0.3 is 28.6 Å². The van der Waals surface area contributed by atoms with Gasteiger partial charge in [-0.15, -0.1) is 0 Å². The number of esters is 3. The van der Waals surface area contributed by atoms with E-state index in [-0.39, 0.29) is 11.7 Å². The van der Waals surface area contributed by atoms with Crippen LogP contribution >= 0.6 is 7.60 Å². The molecule has 1 aromatic carbocycles. The van der Waals surface area contributed by atoms with Crippen LogP contribution < -0.4 is 5.32 Å². The van der Waals surface area contributed by atoms with Crippen LogP contribution in [0, 0.1) is 5.92 Å². The SMILES string of the molecule is COC(=O)C[C@H](C(=O)OC)[C@@H](NC(=O)c1ccc(CP(=O)(OC)OC)cc1)C(=O)OC. The molecule has 1 rings (SSSR count). The maximum Gasteiger partial charge on any atom is 0.334 e. The molecule has 0 aromatic heterocycles. The van der Waals surface area contributed by atoms with Crippen molar-refractivity contribution >= 4 is 31.4 Å². The third-order valence-corrected chi connectivity index (χ3v) is 6.28. The Morgan fingerprint density at radius 3 is 1.87 bits per heavy atom. The Balaban J connectivity index is 3.08. The first-order valence-corrected chi connectivity index (χ1v) is 10.7. The van der Waals surface area contributed by atoms with E-state index >= 15 is 0 Å². The first-order valence-electron chi connectivity index (χ1n) is 8.97. The molecule has 1 aromatic rings. The predicted octanol–water partition coefficient (Wildman–Crippen LogP) is 1.30. The number of nitrogens with one attached hydrogen (secondary N) is 1. The Hall–Kier alpha value is -2.75. The van der Waals surface area contributed by atoms with Gasteiger partial charge in [-0.05, 0) is 17.7 Å². The number of ether oxygens (including phenoxy) is 3. The highest BCUT2D eigenvalue weighted by Gasteiger charge is 2.38. The third kappa shape index (κ3) is 7.46. The first kappa shape index (κ1) is 26.3. The Kier molecular flexibility index (Phi) is 10.3. The molecule has 2 atom stereocenters. The molecule has 0 aliphatic carbocycles. The Morgan fingerprint density at radius 1 is 0.871 bits per heavy atom. The average molecular weight is 459 g/mol. The van der Waals surface area contributed by atoms with Gasteiger partial charge in [0, 0.05) is 19.8 Å². The molecule has 0 spiro atoms. The maximum absolute atomic E-state index is 12.7. The molecule has 31 heavy (non-hydrogen) atoms. The molecule has 12 heteroatoms. The van der Waals surface area contributed by atoms with Gasteiger partial charge in [0.15, 0.2) is 0 Å². The van der Waals surface area contributed by atoms with E-state index < -0.39 is 49.8 Å². The zero-order valence-electron chi connectivity index (χ0n) is 17.9. The fourth-order valence-electron chi connectivity index (χ4n) is 2.62. The predicted molar refractivity (Wildman–Crippen MR) is 107 cm³/mol. The van der Waals surface area contributed by atoms with E-state index in [0.717, 1.165) is 21.3 Å². The summed E-state index contributed by atoms with van der Waals surface area (Å²) in [5, 5.41) is 2.39. The van der Waals surface area contributed by atoms with Crippen LogP contribution in [0.2, 0.25) is 0 Å². The molecule has 0 unspecified atom stereocenters. The van der Waals surface area contributed by atoms with E-state index in [0.29, 0.717) is 5.56 Å². The normalized spacial score (nSPS) is 12.9. The van der Waals surface area contributed by atoms with Crippen LogP contribution in [0.3, 0.4) is 0 Å². The van der Waals surface area contributed by atoms with E-state index in [2.05, 4.69) is 19.5 Å². The molecule has 0 fully saturated rings. The van der Waals surface area contributed by atoms with E-state index in [4.69, 9.17) is 9.05 Å². The van der Waals surface area contributed by atoms with Crippen molar-refractivity contribution in [2.45, 2.75) is 18.6 Å². The molecule has 0 radical (unpaired) electrons. The van der Waals surface area contributed by atoms with Crippen molar-refractivity contribution < 1.29 is 47.0 Å². The monoisotopic (exact) mass is 459 g/mol. The van der Waals surface area contributed by atoms with Crippen LogP contribution in [0.1, 0.15) is 22.3 Å². The van der Waals surface area contributed by atoms with Crippen molar-refractivity contribution in [3.8, 4) is 0 Å². The molecule has 172 valence electrons. The number of methoxy groups -OCH3 is 3. The van der Waals surface area contributed by atoms with E-state index in [9.17, 15) is 23.7 Å². The summed E-state index contributed by atoms with van der Waals surface area (Å²) < 4.78 is 35.8. The van der Waals surface area contributed by atoms with Crippen molar-refractivity contribution in [2.75, 3.05) is 35.5 Å². The zero-order valence-corrected chi connectivity index (χ0v) is 18.8. The number of carbonyl (C=O) groups excluding carboxylic acids is 4. The molecular formula is C19H26NO10P. The van der Waals surface area contributed by atoms with Crippen molar-refractivity contribution in [1.29, 1.82) is 0 Å². The molecule has 1 amide bonds. The lowest BCUT2D eigenvalue weighted by Gasteiger charge is -2.23. The Labute approximate surface area is 179 Å². The summed E-state index contributed by atoms with van der Waals surface area (Å²) in [7, 11) is 2.54. The lowest BCUT2D eigenvalue weighted by molar-refractivity contribution is -0.158. The summed E-state index contributed by atoms with van der Waals surface area (Å²) in [6, 6.07) is 4.45. The molecule has 0 bridgehead atoms. The standard InChI is InChI=1S/C19H26NO10P/c1-26-15(21)10-14(18(23)27-2)16(19(24)28-3)20-17(22)13-8-6-12(7-9-13)11-31(25,29-4)30-5/h6-9,14,16H,10-11H2,1-5H3,(H,20,22)/t14-,16+/m0/s1. The van der Waals surface area contributed by atoms with Gasteiger partial charge in [-0.25, -0.2) is 4.79 Å². The molecule has 0 aliphatic heterocycles. The number of hydrogen-bond acceptors (Lipinski definition) is 10. The van der Waals surface area contributed by atoms with Crippen molar-refractivity contribution in [2.24, 2.45) is 5.92 Å². The molecule has 0 heterocycles. The molecule has 0 saturated heterocycles. The largest absolute Gasteiger partial charge is 0.469 e.